The normalized spacial score (nSPS) is 13.1. The van der Waals surface area contributed by atoms with Crippen molar-refractivity contribution in [3.05, 3.63) is 89.5 Å². The van der Waals surface area contributed by atoms with Crippen LogP contribution in [0, 0.1) is 5.82 Å². The summed E-state index contributed by atoms with van der Waals surface area (Å²) in [4.78, 5) is 19.0. The van der Waals surface area contributed by atoms with Crippen LogP contribution >= 0.6 is 0 Å². The van der Waals surface area contributed by atoms with Crippen molar-refractivity contribution in [2.75, 3.05) is 16.8 Å². The number of rotatable bonds is 4. The van der Waals surface area contributed by atoms with E-state index >= 15 is 0 Å². The summed E-state index contributed by atoms with van der Waals surface area (Å²) in [5.41, 5.74) is 4.70. The molecule has 27 heavy (non-hydrogen) atoms. The number of pyridine rings is 1. The lowest BCUT2D eigenvalue weighted by Crippen LogP contribution is -2.29. The minimum Gasteiger partial charge on any atom is -0.367 e. The molecular weight excluding hydrogens is 341 g/mol. The minimum absolute atomic E-state index is 0.229. The van der Waals surface area contributed by atoms with E-state index in [1.807, 2.05) is 24.4 Å². The second-order valence-corrected chi connectivity index (χ2v) is 6.65. The molecule has 0 radical (unpaired) electrons. The quantitative estimate of drug-likeness (QED) is 0.748. The molecule has 0 fully saturated rings. The Morgan fingerprint density at radius 2 is 1.96 bits per heavy atom. The van der Waals surface area contributed by atoms with Gasteiger partial charge in [-0.05, 0) is 66.4 Å². The molecule has 0 atom stereocenters. The highest BCUT2D eigenvalue weighted by molar-refractivity contribution is 6.05. The Hall–Kier alpha value is -3.21. The smallest absolute Gasteiger partial charge is 0.255 e. The molecule has 0 saturated carbocycles. The first kappa shape index (κ1) is 17.2. The van der Waals surface area contributed by atoms with E-state index in [9.17, 15) is 9.18 Å². The van der Waals surface area contributed by atoms with Crippen LogP contribution in [-0.2, 0) is 13.0 Å². The van der Waals surface area contributed by atoms with E-state index in [1.54, 1.807) is 6.20 Å². The SMILES string of the molecule is O=C(Nc1cccc2c1CCCN2Cc1cccnc1)c1ccc(F)cc1. The number of amides is 1. The first-order valence-electron chi connectivity index (χ1n) is 9.03. The Morgan fingerprint density at radius 3 is 2.74 bits per heavy atom. The highest BCUT2D eigenvalue weighted by atomic mass is 19.1. The van der Waals surface area contributed by atoms with Crippen LogP contribution in [0.1, 0.15) is 27.9 Å². The molecule has 5 heteroatoms. The van der Waals surface area contributed by atoms with Crippen molar-refractivity contribution in [2.24, 2.45) is 0 Å². The van der Waals surface area contributed by atoms with Crippen molar-refractivity contribution in [2.45, 2.75) is 19.4 Å². The van der Waals surface area contributed by atoms with Crippen LogP contribution in [0.15, 0.2) is 67.0 Å². The molecule has 0 unspecified atom stereocenters. The van der Waals surface area contributed by atoms with Crippen LogP contribution in [-0.4, -0.2) is 17.4 Å². The maximum Gasteiger partial charge on any atom is 0.255 e. The number of fused-ring (bicyclic) bond motifs is 1. The van der Waals surface area contributed by atoms with Gasteiger partial charge in [-0.15, -0.1) is 0 Å². The van der Waals surface area contributed by atoms with Gasteiger partial charge in [-0.2, -0.15) is 0 Å². The zero-order valence-corrected chi connectivity index (χ0v) is 14.9. The molecule has 2 heterocycles. The number of halogens is 1. The lowest BCUT2D eigenvalue weighted by molar-refractivity contribution is 0.102. The topological polar surface area (TPSA) is 45.2 Å². The lowest BCUT2D eigenvalue weighted by atomic mass is 9.99. The molecule has 4 rings (SSSR count). The highest BCUT2D eigenvalue weighted by Gasteiger charge is 2.20. The fraction of sp³-hybridized carbons (Fsp3) is 0.182. The molecule has 1 N–H and O–H groups in total. The van der Waals surface area contributed by atoms with E-state index in [0.29, 0.717) is 5.56 Å². The van der Waals surface area contributed by atoms with Crippen LogP contribution in [0.2, 0.25) is 0 Å². The largest absolute Gasteiger partial charge is 0.367 e. The third-order valence-electron chi connectivity index (χ3n) is 4.80. The number of hydrogen-bond acceptors (Lipinski definition) is 3. The second-order valence-electron chi connectivity index (χ2n) is 6.65. The molecule has 2 aromatic carbocycles. The summed E-state index contributed by atoms with van der Waals surface area (Å²) in [6.07, 6.45) is 5.60. The first-order valence-corrected chi connectivity index (χ1v) is 9.03. The van der Waals surface area contributed by atoms with Crippen LogP contribution < -0.4 is 10.2 Å². The van der Waals surface area contributed by atoms with Crippen LogP contribution in [0.3, 0.4) is 0 Å². The Bertz CT molecular complexity index is 942. The maximum absolute atomic E-state index is 13.1. The van der Waals surface area contributed by atoms with Crippen molar-refractivity contribution in [3.8, 4) is 0 Å². The molecular formula is C22H20FN3O. The van der Waals surface area contributed by atoms with Gasteiger partial charge in [-0.1, -0.05) is 12.1 Å². The van der Waals surface area contributed by atoms with Crippen molar-refractivity contribution in [1.29, 1.82) is 0 Å². The predicted octanol–water partition coefficient (Wildman–Crippen LogP) is 4.43. The Balaban J connectivity index is 1.58. The Kier molecular flexibility index (Phi) is 4.83. The first-order chi connectivity index (χ1) is 13.2. The van der Waals surface area contributed by atoms with Crippen molar-refractivity contribution >= 4 is 17.3 Å². The summed E-state index contributed by atoms with van der Waals surface area (Å²) in [5, 5.41) is 2.99. The monoisotopic (exact) mass is 361 g/mol. The summed E-state index contributed by atoms with van der Waals surface area (Å²) in [7, 11) is 0. The molecule has 0 bridgehead atoms. The van der Waals surface area contributed by atoms with E-state index in [2.05, 4.69) is 27.3 Å². The summed E-state index contributed by atoms with van der Waals surface area (Å²) in [6.45, 7) is 1.76. The number of carbonyl (C=O) groups excluding carboxylic acids is 1. The Labute approximate surface area is 157 Å². The Morgan fingerprint density at radius 1 is 1.11 bits per heavy atom. The summed E-state index contributed by atoms with van der Waals surface area (Å²) in [6, 6.07) is 15.6. The molecule has 1 aliphatic rings. The molecule has 0 spiro atoms. The molecule has 136 valence electrons. The van der Waals surface area contributed by atoms with Crippen LogP contribution in [0.25, 0.3) is 0 Å². The number of carbonyl (C=O) groups is 1. The summed E-state index contributed by atoms with van der Waals surface area (Å²) >= 11 is 0. The summed E-state index contributed by atoms with van der Waals surface area (Å²) < 4.78 is 13.1. The van der Waals surface area contributed by atoms with Gasteiger partial charge in [-0.3, -0.25) is 9.78 Å². The van der Waals surface area contributed by atoms with E-state index < -0.39 is 0 Å². The standard InChI is InChI=1S/C22H20FN3O/c23-18-10-8-17(9-11-18)22(27)25-20-6-1-7-21-19(20)5-3-13-26(21)15-16-4-2-12-24-14-16/h1-2,4,6-12,14H,3,5,13,15H2,(H,25,27). The number of aromatic nitrogens is 1. The molecule has 1 amide bonds. The third-order valence-corrected chi connectivity index (χ3v) is 4.80. The molecule has 4 nitrogen and oxygen atoms in total. The number of nitrogens with one attached hydrogen (secondary N) is 1. The van der Waals surface area contributed by atoms with E-state index in [1.165, 1.54) is 24.3 Å². The van der Waals surface area contributed by atoms with Gasteiger partial charge in [0.15, 0.2) is 0 Å². The van der Waals surface area contributed by atoms with Crippen molar-refractivity contribution in [3.63, 3.8) is 0 Å². The van der Waals surface area contributed by atoms with E-state index in [-0.39, 0.29) is 11.7 Å². The fourth-order valence-corrected chi connectivity index (χ4v) is 3.49. The van der Waals surface area contributed by atoms with Gasteiger partial charge >= 0.3 is 0 Å². The number of nitrogens with zero attached hydrogens (tertiary/aromatic N) is 2. The molecule has 3 aromatic rings. The minimum atomic E-state index is -0.352. The van der Waals surface area contributed by atoms with Crippen LogP contribution in [0.5, 0.6) is 0 Å². The zero-order chi connectivity index (χ0) is 18.6. The maximum atomic E-state index is 13.1. The van der Waals surface area contributed by atoms with Gasteiger partial charge in [-0.25, -0.2) is 4.39 Å². The molecule has 0 aliphatic carbocycles. The number of hydrogen-bond donors (Lipinski definition) is 1. The fourth-order valence-electron chi connectivity index (χ4n) is 3.49. The van der Waals surface area contributed by atoms with Crippen molar-refractivity contribution < 1.29 is 9.18 Å². The van der Waals surface area contributed by atoms with Gasteiger partial charge in [0.2, 0.25) is 0 Å². The third kappa shape index (κ3) is 3.82. The van der Waals surface area contributed by atoms with Gasteiger partial charge in [0, 0.05) is 42.4 Å². The van der Waals surface area contributed by atoms with Gasteiger partial charge in [0.05, 0.1) is 0 Å². The number of anilines is 2. The zero-order valence-electron chi connectivity index (χ0n) is 14.9. The number of benzene rings is 2. The molecule has 1 aliphatic heterocycles. The van der Waals surface area contributed by atoms with E-state index in [4.69, 9.17) is 0 Å². The highest BCUT2D eigenvalue weighted by Crippen LogP contribution is 2.34. The average Bonchev–Trinajstić information content (AvgIpc) is 2.70. The molecule has 0 saturated heterocycles. The van der Waals surface area contributed by atoms with Gasteiger partial charge in [0.25, 0.3) is 5.91 Å². The predicted molar refractivity (Wildman–Crippen MR) is 104 cm³/mol. The van der Waals surface area contributed by atoms with Crippen LogP contribution in [0.4, 0.5) is 15.8 Å². The van der Waals surface area contributed by atoms with Gasteiger partial charge < -0.3 is 10.2 Å². The average molecular weight is 361 g/mol. The summed E-state index contributed by atoms with van der Waals surface area (Å²) in [5.74, 6) is -0.581. The molecule has 1 aromatic heterocycles. The van der Waals surface area contributed by atoms with E-state index in [0.717, 1.165) is 48.4 Å². The van der Waals surface area contributed by atoms with Crippen molar-refractivity contribution in [1.82, 2.24) is 4.98 Å². The lowest BCUT2D eigenvalue weighted by Gasteiger charge is -2.32. The van der Waals surface area contributed by atoms with Gasteiger partial charge in [0.1, 0.15) is 5.82 Å². The second kappa shape index (κ2) is 7.58.